The van der Waals surface area contributed by atoms with Crippen LogP contribution in [0.15, 0.2) is 0 Å². The van der Waals surface area contributed by atoms with Crippen LogP contribution < -0.4 is 0 Å². The maximum absolute atomic E-state index is 11.4. The Morgan fingerprint density at radius 1 is 1.43 bits per heavy atom. The van der Waals surface area contributed by atoms with Gasteiger partial charge in [0.05, 0.1) is 12.5 Å². The van der Waals surface area contributed by atoms with Crippen LogP contribution in [0, 0.1) is 5.92 Å². The molecule has 0 aromatic carbocycles. The lowest BCUT2D eigenvalue weighted by molar-refractivity contribution is -0.157. The first-order chi connectivity index (χ1) is 6.66. The number of hydrogen-bond donors (Lipinski definition) is 0. The molecule has 0 radical (unpaired) electrons. The van der Waals surface area contributed by atoms with Crippen LogP contribution in [-0.4, -0.2) is 24.1 Å². The first-order valence-electron chi connectivity index (χ1n) is 4.90. The van der Waals surface area contributed by atoms with Crippen LogP contribution in [0.5, 0.6) is 0 Å². The van der Waals surface area contributed by atoms with Crippen molar-refractivity contribution in [1.29, 1.82) is 0 Å². The van der Waals surface area contributed by atoms with E-state index in [2.05, 4.69) is 4.74 Å². The van der Waals surface area contributed by atoms with Crippen LogP contribution in [0.25, 0.3) is 0 Å². The summed E-state index contributed by atoms with van der Waals surface area (Å²) in [6.07, 6.45) is 2.57. The van der Waals surface area contributed by atoms with E-state index in [4.69, 9.17) is 0 Å². The van der Waals surface area contributed by atoms with Gasteiger partial charge in [0.25, 0.3) is 0 Å². The zero-order valence-electron chi connectivity index (χ0n) is 8.25. The summed E-state index contributed by atoms with van der Waals surface area (Å²) in [6, 6.07) is 0. The minimum Gasteiger partial charge on any atom is -0.460 e. The van der Waals surface area contributed by atoms with Crippen molar-refractivity contribution >= 4 is 17.5 Å². The van der Waals surface area contributed by atoms with Gasteiger partial charge in [-0.3, -0.25) is 9.59 Å². The number of carbonyl (C=O) groups excluding carboxylic acids is 3. The summed E-state index contributed by atoms with van der Waals surface area (Å²) >= 11 is 0. The van der Waals surface area contributed by atoms with E-state index in [-0.39, 0.29) is 12.4 Å². The Bertz CT molecular complexity index is 257. The van der Waals surface area contributed by atoms with Crippen molar-refractivity contribution in [2.24, 2.45) is 5.92 Å². The largest absolute Gasteiger partial charge is 0.460 e. The van der Waals surface area contributed by atoms with Crippen molar-refractivity contribution in [2.75, 3.05) is 6.61 Å². The minimum absolute atomic E-state index is 0.116. The van der Waals surface area contributed by atoms with E-state index in [1.807, 2.05) is 0 Å². The highest BCUT2D eigenvalue weighted by Crippen LogP contribution is 2.21. The first-order valence-corrected chi connectivity index (χ1v) is 4.90. The second-order valence-corrected chi connectivity index (χ2v) is 3.35. The highest BCUT2D eigenvalue weighted by atomic mass is 16.5. The first kappa shape index (κ1) is 10.9. The standard InChI is InChI=1S/C10H14O4/c1-2-14-10(13)9(12)7-5-3-4-6-8(7)11/h7H,2-6H2,1H3/t7-/m1/s1. The smallest absolute Gasteiger partial charge is 0.375 e. The molecule has 0 N–H and O–H groups in total. The third-order valence-corrected chi connectivity index (χ3v) is 2.35. The molecule has 0 bridgehead atoms. The van der Waals surface area contributed by atoms with Crippen molar-refractivity contribution in [3.8, 4) is 0 Å². The lowest BCUT2D eigenvalue weighted by Gasteiger charge is -2.17. The Hall–Kier alpha value is -1.19. The van der Waals surface area contributed by atoms with Crippen LogP contribution >= 0.6 is 0 Å². The van der Waals surface area contributed by atoms with Gasteiger partial charge in [0, 0.05) is 6.42 Å². The third-order valence-electron chi connectivity index (χ3n) is 2.35. The van der Waals surface area contributed by atoms with Gasteiger partial charge in [-0.25, -0.2) is 4.79 Å². The normalized spacial score (nSPS) is 21.8. The molecule has 14 heavy (non-hydrogen) atoms. The summed E-state index contributed by atoms with van der Waals surface area (Å²) in [5, 5.41) is 0. The van der Waals surface area contributed by atoms with Crippen LogP contribution in [0.4, 0.5) is 0 Å². The molecule has 1 saturated carbocycles. The predicted octanol–water partition coefficient (Wildman–Crippen LogP) is 0.878. The Morgan fingerprint density at radius 2 is 2.14 bits per heavy atom. The van der Waals surface area contributed by atoms with Crippen LogP contribution in [-0.2, 0) is 19.1 Å². The summed E-state index contributed by atoms with van der Waals surface area (Å²) in [5.41, 5.74) is 0. The molecular formula is C10H14O4. The average Bonchev–Trinajstić information content (AvgIpc) is 2.18. The molecule has 4 heteroatoms. The number of ether oxygens (including phenoxy) is 1. The van der Waals surface area contributed by atoms with E-state index < -0.39 is 17.7 Å². The molecule has 1 atom stereocenters. The predicted molar refractivity (Wildman–Crippen MR) is 48.6 cm³/mol. The lowest BCUT2D eigenvalue weighted by atomic mass is 9.85. The highest BCUT2D eigenvalue weighted by molar-refractivity contribution is 6.38. The summed E-state index contributed by atoms with van der Waals surface area (Å²) in [4.78, 5) is 33.8. The van der Waals surface area contributed by atoms with Crippen LogP contribution in [0.1, 0.15) is 32.6 Å². The third kappa shape index (κ3) is 2.40. The van der Waals surface area contributed by atoms with E-state index in [0.717, 1.165) is 12.8 Å². The second kappa shape index (κ2) is 4.88. The molecule has 0 saturated heterocycles. The van der Waals surface area contributed by atoms with Crippen LogP contribution in [0.3, 0.4) is 0 Å². The van der Waals surface area contributed by atoms with E-state index in [9.17, 15) is 14.4 Å². The molecule has 1 aliphatic rings. The van der Waals surface area contributed by atoms with Gasteiger partial charge in [0.15, 0.2) is 0 Å². The molecule has 1 rings (SSSR count). The number of Topliss-reactive ketones (excluding diaryl/α,β-unsaturated/α-hetero) is 2. The van der Waals surface area contributed by atoms with E-state index in [1.54, 1.807) is 6.92 Å². The molecule has 0 unspecified atom stereocenters. The molecule has 78 valence electrons. The zero-order chi connectivity index (χ0) is 10.6. The molecule has 0 aliphatic heterocycles. The van der Waals surface area contributed by atoms with E-state index in [1.165, 1.54) is 0 Å². The van der Waals surface area contributed by atoms with Crippen molar-refractivity contribution in [3.63, 3.8) is 0 Å². The lowest BCUT2D eigenvalue weighted by Crippen LogP contribution is -2.33. The van der Waals surface area contributed by atoms with Crippen molar-refractivity contribution in [2.45, 2.75) is 32.6 Å². The molecule has 1 fully saturated rings. The molecule has 0 spiro atoms. The van der Waals surface area contributed by atoms with Crippen molar-refractivity contribution < 1.29 is 19.1 Å². The van der Waals surface area contributed by atoms with Gasteiger partial charge in [-0.15, -0.1) is 0 Å². The fraction of sp³-hybridized carbons (Fsp3) is 0.700. The number of hydrogen-bond acceptors (Lipinski definition) is 4. The van der Waals surface area contributed by atoms with E-state index >= 15 is 0 Å². The maximum atomic E-state index is 11.4. The monoisotopic (exact) mass is 198 g/mol. The van der Waals surface area contributed by atoms with Gasteiger partial charge in [0.2, 0.25) is 5.78 Å². The summed E-state index contributed by atoms with van der Waals surface area (Å²) in [7, 11) is 0. The van der Waals surface area contributed by atoms with Gasteiger partial charge in [-0.2, -0.15) is 0 Å². The maximum Gasteiger partial charge on any atom is 0.375 e. The fourth-order valence-corrected chi connectivity index (χ4v) is 1.60. The molecular weight excluding hydrogens is 184 g/mol. The Kier molecular flexibility index (Phi) is 3.80. The van der Waals surface area contributed by atoms with E-state index in [0.29, 0.717) is 12.8 Å². The fourth-order valence-electron chi connectivity index (χ4n) is 1.60. The van der Waals surface area contributed by atoms with Crippen molar-refractivity contribution in [1.82, 2.24) is 0 Å². The summed E-state index contributed by atoms with van der Waals surface area (Å²) in [6.45, 7) is 1.80. The number of rotatable bonds is 3. The Morgan fingerprint density at radius 3 is 2.71 bits per heavy atom. The molecule has 0 aromatic heterocycles. The SMILES string of the molecule is CCOC(=O)C(=O)[C@@H]1CCCCC1=O. The molecule has 0 aromatic rings. The van der Waals surface area contributed by atoms with Gasteiger partial charge in [-0.05, 0) is 19.8 Å². The topological polar surface area (TPSA) is 60.4 Å². The number of carbonyl (C=O) groups is 3. The average molecular weight is 198 g/mol. The van der Waals surface area contributed by atoms with Gasteiger partial charge >= 0.3 is 5.97 Å². The Labute approximate surface area is 82.6 Å². The molecule has 0 amide bonds. The van der Waals surface area contributed by atoms with Gasteiger partial charge in [-0.1, -0.05) is 6.42 Å². The second-order valence-electron chi connectivity index (χ2n) is 3.35. The minimum atomic E-state index is -0.868. The van der Waals surface area contributed by atoms with Crippen LogP contribution in [0.2, 0.25) is 0 Å². The quantitative estimate of drug-likeness (QED) is 0.383. The van der Waals surface area contributed by atoms with Gasteiger partial charge in [0.1, 0.15) is 5.78 Å². The number of esters is 1. The molecule has 0 heterocycles. The van der Waals surface area contributed by atoms with Crippen molar-refractivity contribution in [3.05, 3.63) is 0 Å². The summed E-state index contributed by atoms with van der Waals surface area (Å²) < 4.78 is 4.56. The van der Waals surface area contributed by atoms with Gasteiger partial charge < -0.3 is 4.74 Å². The molecule has 4 nitrogen and oxygen atoms in total. The number of ketones is 2. The summed E-state index contributed by atoms with van der Waals surface area (Å²) in [5.74, 6) is -2.39. The highest BCUT2D eigenvalue weighted by Gasteiger charge is 2.33. The zero-order valence-corrected chi connectivity index (χ0v) is 8.25. The molecule has 1 aliphatic carbocycles. The Balaban J connectivity index is 2.58.